The summed E-state index contributed by atoms with van der Waals surface area (Å²) in [5.41, 5.74) is 2.73. The van der Waals surface area contributed by atoms with E-state index in [1.165, 1.54) is 11.3 Å². The van der Waals surface area contributed by atoms with E-state index in [9.17, 15) is 4.79 Å². The Labute approximate surface area is 137 Å². The van der Waals surface area contributed by atoms with Gasteiger partial charge in [-0.2, -0.15) is 0 Å². The van der Waals surface area contributed by atoms with E-state index in [1.54, 1.807) is 17.3 Å². The number of pyridine rings is 1. The lowest BCUT2D eigenvalue weighted by Crippen LogP contribution is -2.56. The fourth-order valence-corrected chi connectivity index (χ4v) is 3.24. The molecule has 2 aromatic heterocycles. The average Bonchev–Trinajstić information content (AvgIpc) is 3.03. The summed E-state index contributed by atoms with van der Waals surface area (Å²) in [4.78, 5) is 22.8. The minimum atomic E-state index is 0.0361. The number of aryl methyl sites for hydroxylation is 1. The van der Waals surface area contributed by atoms with Gasteiger partial charge in [-0.15, -0.1) is 0 Å². The van der Waals surface area contributed by atoms with E-state index >= 15 is 0 Å². The summed E-state index contributed by atoms with van der Waals surface area (Å²) in [5.74, 6) is 0.0362. The zero-order chi connectivity index (χ0) is 15.8. The minimum absolute atomic E-state index is 0.0361. The molecule has 3 heterocycles. The van der Waals surface area contributed by atoms with Crippen LogP contribution in [0.5, 0.6) is 5.19 Å². The first-order valence-corrected chi connectivity index (χ1v) is 8.29. The number of carbonyl (C=O) groups is 1. The number of aromatic nitrogens is 2. The Morgan fingerprint density at radius 3 is 2.91 bits per heavy atom. The first-order valence-electron chi connectivity index (χ1n) is 7.41. The molecule has 0 N–H and O–H groups in total. The van der Waals surface area contributed by atoms with Crippen LogP contribution in [0.2, 0.25) is 0 Å². The van der Waals surface area contributed by atoms with Crippen molar-refractivity contribution in [2.75, 3.05) is 13.1 Å². The number of rotatable bonds is 3. The molecule has 1 aromatic carbocycles. The molecule has 1 fully saturated rings. The molecule has 0 atom stereocenters. The van der Waals surface area contributed by atoms with Gasteiger partial charge < -0.3 is 9.64 Å². The van der Waals surface area contributed by atoms with Crippen LogP contribution in [0.15, 0.2) is 42.0 Å². The highest BCUT2D eigenvalue weighted by Crippen LogP contribution is 2.23. The number of likely N-dealkylation sites (tertiary alicyclic amines) is 1. The molecule has 5 nitrogen and oxygen atoms in total. The standard InChI is InChI=1S/C17H15N3O2S/c1-11-4-5-18-15-3-2-12(8-14(11)15)16(21)20-9-13(10-20)22-17-19-6-7-23-17/h2-8,13H,9-10H2,1H3. The van der Waals surface area contributed by atoms with Crippen LogP contribution >= 0.6 is 11.3 Å². The number of hydrogen-bond acceptors (Lipinski definition) is 5. The average molecular weight is 325 g/mol. The molecule has 0 bridgehead atoms. The Bertz CT molecular complexity index is 857. The second-order valence-electron chi connectivity index (χ2n) is 5.61. The maximum atomic E-state index is 12.6. The topological polar surface area (TPSA) is 55.3 Å². The van der Waals surface area contributed by atoms with Gasteiger partial charge in [0.2, 0.25) is 0 Å². The number of hydrogen-bond donors (Lipinski definition) is 0. The quantitative estimate of drug-likeness (QED) is 0.743. The number of thiazole rings is 1. The molecule has 3 aromatic rings. The van der Waals surface area contributed by atoms with Crippen molar-refractivity contribution in [1.82, 2.24) is 14.9 Å². The molecule has 0 unspecified atom stereocenters. The summed E-state index contributed by atoms with van der Waals surface area (Å²) >= 11 is 1.47. The first kappa shape index (κ1) is 14.1. The van der Waals surface area contributed by atoms with Crippen LogP contribution in [-0.2, 0) is 0 Å². The van der Waals surface area contributed by atoms with Gasteiger partial charge in [-0.1, -0.05) is 11.3 Å². The van der Waals surface area contributed by atoms with Gasteiger partial charge >= 0.3 is 0 Å². The highest BCUT2D eigenvalue weighted by Gasteiger charge is 2.33. The van der Waals surface area contributed by atoms with Crippen molar-refractivity contribution in [3.8, 4) is 5.19 Å². The second kappa shape index (κ2) is 5.62. The molecule has 0 saturated carbocycles. The Morgan fingerprint density at radius 1 is 1.26 bits per heavy atom. The molecular weight excluding hydrogens is 310 g/mol. The molecule has 0 radical (unpaired) electrons. The summed E-state index contributed by atoms with van der Waals surface area (Å²) in [6, 6.07) is 7.62. The summed E-state index contributed by atoms with van der Waals surface area (Å²) in [6.45, 7) is 3.23. The van der Waals surface area contributed by atoms with E-state index in [-0.39, 0.29) is 12.0 Å². The van der Waals surface area contributed by atoms with Crippen LogP contribution in [0, 0.1) is 6.92 Å². The smallest absolute Gasteiger partial charge is 0.273 e. The molecule has 1 aliphatic rings. The molecule has 1 saturated heterocycles. The van der Waals surface area contributed by atoms with Crippen molar-refractivity contribution in [2.45, 2.75) is 13.0 Å². The normalized spacial score (nSPS) is 14.7. The van der Waals surface area contributed by atoms with Gasteiger partial charge in [-0.3, -0.25) is 9.78 Å². The number of benzene rings is 1. The van der Waals surface area contributed by atoms with Crippen LogP contribution < -0.4 is 4.74 Å². The second-order valence-corrected chi connectivity index (χ2v) is 6.46. The fraction of sp³-hybridized carbons (Fsp3) is 0.235. The lowest BCUT2D eigenvalue weighted by molar-refractivity contribution is 0.0177. The maximum Gasteiger partial charge on any atom is 0.273 e. The molecule has 1 amide bonds. The maximum absolute atomic E-state index is 12.6. The van der Waals surface area contributed by atoms with Crippen molar-refractivity contribution in [3.05, 3.63) is 53.2 Å². The van der Waals surface area contributed by atoms with Crippen molar-refractivity contribution in [3.63, 3.8) is 0 Å². The number of carbonyl (C=O) groups excluding carboxylic acids is 1. The third kappa shape index (κ3) is 2.66. The molecule has 23 heavy (non-hydrogen) atoms. The van der Waals surface area contributed by atoms with Crippen LogP contribution in [-0.4, -0.2) is 40.0 Å². The number of nitrogens with zero attached hydrogens (tertiary/aromatic N) is 3. The predicted molar refractivity (Wildman–Crippen MR) is 88.9 cm³/mol. The predicted octanol–water partition coefficient (Wildman–Crippen LogP) is 2.90. The Morgan fingerprint density at radius 2 is 2.13 bits per heavy atom. The zero-order valence-electron chi connectivity index (χ0n) is 12.6. The number of amides is 1. The van der Waals surface area contributed by atoms with E-state index in [4.69, 9.17) is 4.74 Å². The van der Waals surface area contributed by atoms with Gasteiger partial charge in [-0.25, -0.2) is 4.98 Å². The Kier molecular flexibility index (Phi) is 3.46. The van der Waals surface area contributed by atoms with Crippen LogP contribution in [0.4, 0.5) is 0 Å². The van der Waals surface area contributed by atoms with Gasteiger partial charge in [0.05, 0.1) is 18.6 Å². The van der Waals surface area contributed by atoms with E-state index in [0.29, 0.717) is 23.8 Å². The molecule has 1 aliphatic heterocycles. The van der Waals surface area contributed by atoms with Crippen LogP contribution in [0.3, 0.4) is 0 Å². The van der Waals surface area contributed by atoms with Gasteiger partial charge in [0.25, 0.3) is 11.1 Å². The molecule has 0 aliphatic carbocycles. The zero-order valence-corrected chi connectivity index (χ0v) is 13.4. The van der Waals surface area contributed by atoms with Gasteiger partial charge in [-0.05, 0) is 36.8 Å². The first-order chi connectivity index (χ1) is 11.2. The van der Waals surface area contributed by atoms with E-state index in [0.717, 1.165) is 16.5 Å². The van der Waals surface area contributed by atoms with E-state index < -0.39 is 0 Å². The van der Waals surface area contributed by atoms with Gasteiger partial charge in [0, 0.05) is 28.7 Å². The third-order valence-corrected chi connectivity index (χ3v) is 4.68. The van der Waals surface area contributed by atoms with E-state index in [1.807, 2.05) is 36.6 Å². The number of ether oxygens (including phenoxy) is 1. The van der Waals surface area contributed by atoms with Gasteiger partial charge in [0.1, 0.15) is 6.10 Å². The van der Waals surface area contributed by atoms with Crippen molar-refractivity contribution in [1.29, 1.82) is 0 Å². The van der Waals surface area contributed by atoms with Crippen LogP contribution in [0.25, 0.3) is 10.9 Å². The highest BCUT2D eigenvalue weighted by molar-refractivity contribution is 7.11. The molecule has 116 valence electrons. The van der Waals surface area contributed by atoms with Crippen molar-refractivity contribution < 1.29 is 9.53 Å². The van der Waals surface area contributed by atoms with Gasteiger partial charge in [0.15, 0.2) is 0 Å². The lowest BCUT2D eigenvalue weighted by Gasteiger charge is -2.38. The van der Waals surface area contributed by atoms with Crippen molar-refractivity contribution >= 4 is 28.1 Å². The van der Waals surface area contributed by atoms with Crippen LogP contribution in [0.1, 0.15) is 15.9 Å². The lowest BCUT2D eigenvalue weighted by atomic mass is 10.0. The number of fused-ring (bicyclic) bond motifs is 1. The SMILES string of the molecule is Cc1ccnc2ccc(C(=O)N3CC(Oc4nccs4)C3)cc12. The summed E-state index contributed by atoms with van der Waals surface area (Å²) < 4.78 is 5.70. The Hall–Kier alpha value is -2.47. The molecular formula is C17H15N3O2S. The third-order valence-electron chi connectivity index (χ3n) is 4.02. The van der Waals surface area contributed by atoms with E-state index in [2.05, 4.69) is 9.97 Å². The summed E-state index contributed by atoms with van der Waals surface area (Å²) in [6.07, 6.45) is 3.54. The monoisotopic (exact) mass is 325 g/mol. The van der Waals surface area contributed by atoms with Crippen molar-refractivity contribution in [2.24, 2.45) is 0 Å². The largest absolute Gasteiger partial charge is 0.463 e. The Balaban J connectivity index is 1.47. The molecule has 4 rings (SSSR count). The minimum Gasteiger partial charge on any atom is -0.463 e. The fourth-order valence-electron chi connectivity index (χ4n) is 2.69. The molecule has 6 heteroatoms. The molecule has 0 spiro atoms. The highest BCUT2D eigenvalue weighted by atomic mass is 32.1. The summed E-state index contributed by atoms with van der Waals surface area (Å²) in [5, 5.41) is 3.56. The summed E-state index contributed by atoms with van der Waals surface area (Å²) in [7, 11) is 0.